The number of aryl methyl sites for hydroxylation is 1. The van der Waals surface area contributed by atoms with Crippen molar-refractivity contribution in [3.8, 4) is 0 Å². The number of hydrogen-bond acceptors (Lipinski definition) is 1. The fraction of sp³-hybridized carbons (Fsp3) is 0.571. The maximum Gasteiger partial charge on any atom is 0.0376 e. The van der Waals surface area contributed by atoms with Gasteiger partial charge in [0.2, 0.25) is 0 Å². The Morgan fingerprint density at radius 3 is 3.00 bits per heavy atom. The van der Waals surface area contributed by atoms with E-state index in [-0.39, 0.29) is 0 Å². The molecule has 1 heteroatoms. The maximum absolute atomic E-state index is 3.52. The first-order valence-electron chi connectivity index (χ1n) is 6.06. The highest BCUT2D eigenvalue weighted by Gasteiger charge is 2.26. The quantitative estimate of drug-likeness (QED) is 0.784. The highest BCUT2D eigenvalue weighted by atomic mass is 14.9. The van der Waals surface area contributed by atoms with E-state index in [1.165, 1.54) is 29.7 Å². The topological polar surface area (TPSA) is 12.0 Å². The average molecular weight is 203 g/mol. The normalized spacial score (nSPS) is 20.9. The van der Waals surface area contributed by atoms with Gasteiger partial charge in [-0.1, -0.05) is 44.4 Å². The van der Waals surface area contributed by atoms with E-state index in [1.54, 1.807) is 0 Å². The largest absolute Gasteiger partial charge is 0.384 e. The SMILES string of the molecule is CCCC(C)C1CNc2ccc(C)cc21. The minimum Gasteiger partial charge on any atom is -0.384 e. The molecule has 1 aliphatic heterocycles. The van der Waals surface area contributed by atoms with Gasteiger partial charge < -0.3 is 5.32 Å². The number of rotatable bonds is 3. The predicted molar refractivity (Wildman–Crippen MR) is 66.5 cm³/mol. The highest BCUT2D eigenvalue weighted by Crippen LogP contribution is 2.38. The Kier molecular flexibility index (Phi) is 2.99. The molecule has 82 valence electrons. The summed E-state index contributed by atoms with van der Waals surface area (Å²) in [5.41, 5.74) is 4.27. The van der Waals surface area contributed by atoms with Crippen molar-refractivity contribution in [3.05, 3.63) is 29.3 Å². The van der Waals surface area contributed by atoms with Crippen LogP contribution in [0.2, 0.25) is 0 Å². The Bertz CT molecular complexity index is 343. The minimum atomic E-state index is 0.722. The van der Waals surface area contributed by atoms with Gasteiger partial charge in [0.25, 0.3) is 0 Å². The zero-order chi connectivity index (χ0) is 10.8. The summed E-state index contributed by atoms with van der Waals surface area (Å²) in [6.07, 6.45) is 2.62. The highest BCUT2D eigenvalue weighted by molar-refractivity contribution is 5.59. The van der Waals surface area contributed by atoms with E-state index in [0.29, 0.717) is 0 Å². The molecule has 0 fully saturated rings. The average Bonchev–Trinajstić information content (AvgIpc) is 2.60. The molecule has 0 saturated carbocycles. The van der Waals surface area contributed by atoms with Gasteiger partial charge in [0, 0.05) is 18.2 Å². The summed E-state index contributed by atoms with van der Waals surface area (Å²) in [6, 6.07) is 6.77. The number of fused-ring (bicyclic) bond motifs is 1. The lowest BCUT2D eigenvalue weighted by molar-refractivity contribution is 0.447. The van der Waals surface area contributed by atoms with Crippen LogP contribution in [0.15, 0.2) is 18.2 Å². The molecular weight excluding hydrogens is 182 g/mol. The molecule has 1 aromatic rings. The van der Waals surface area contributed by atoms with Crippen LogP contribution in [-0.2, 0) is 0 Å². The molecule has 2 unspecified atom stereocenters. The van der Waals surface area contributed by atoms with Crippen molar-refractivity contribution in [1.29, 1.82) is 0 Å². The van der Waals surface area contributed by atoms with Crippen LogP contribution in [0.25, 0.3) is 0 Å². The molecule has 1 aliphatic rings. The zero-order valence-corrected chi connectivity index (χ0v) is 10.0. The van der Waals surface area contributed by atoms with E-state index in [2.05, 4.69) is 44.3 Å². The van der Waals surface area contributed by atoms with Gasteiger partial charge in [-0.3, -0.25) is 0 Å². The second-order valence-electron chi connectivity index (χ2n) is 4.84. The number of benzene rings is 1. The monoisotopic (exact) mass is 203 g/mol. The van der Waals surface area contributed by atoms with Crippen LogP contribution in [0.4, 0.5) is 5.69 Å². The summed E-state index contributed by atoms with van der Waals surface area (Å²) in [6.45, 7) is 7.96. The third-order valence-corrected chi connectivity index (χ3v) is 3.55. The molecule has 15 heavy (non-hydrogen) atoms. The Balaban J connectivity index is 2.23. The molecular formula is C14H21N. The predicted octanol–water partition coefficient (Wildman–Crippen LogP) is 3.94. The standard InChI is InChI=1S/C14H21N/c1-4-5-11(3)13-9-15-14-7-6-10(2)8-12(13)14/h6-8,11,13,15H,4-5,9H2,1-3H3. The van der Waals surface area contributed by atoms with Crippen LogP contribution in [0.5, 0.6) is 0 Å². The van der Waals surface area contributed by atoms with Gasteiger partial charge in [-0.2, -0.15) is 0 Å². The Labute approximate surface area is 92.9 Å². The molecule has 2 atom stereocenters. The van der Waals surface area contributed by atoms with E-state index in [4.69, 9.17) is 0 Å². The van der Waals surface area contributed by atoms with Crippen LogP contribution in [-0.4, -0.2) is 6.54 Å². The lowest BCUT2D eigenvalue weighted by Gasteiger charge is -2.18. The Hall–Kier alpha value is -0.980. The molecule has 0 radical (unpaired) electrons. The first-order chi connectivity index (χ1) is 7.22. The number of nitrogens with one attached hydrogen (secondary N) is 1. The van der Waals surface area contributed by atoms with Gasteiger partial charge in [-0.25, -0.2) is 0 Å². The van der Waals surface area contributed by atoms with Crippen LogP contribution < -0.4 is 5.32 Å². The lowest BCUT2D eigenvalue weighted by Crippen LogP contribution is -2.11. The molecule has 1 nitrogen and oxygen atoms in total. The molecule has 0 saturated heterocycles. The second-order valence-corrected chi connectivity index (χ2v) is 4.84. The van der Waals surface area contributed by atoms with Crippen LogP contribution >= 0.6 is 0 Å². The van der Waals surface area contributed by atoms with Gasteiger partial charge in [-0.15, -0.1) is 0 Å². The molecule has 1 heterocycles. The van der Waals surface area contributed by atoms with Crippen molar-refractivity contribution < 1.29 is 0 Å². The summed E-state index contributed by atoms with van der Waals surface area (Å²) in [5.74, 6) is 1.52. The molecule has 0 spiro atoms. The number of hydrogen-bond donors (Lipinski definition) is 1. The summed E-state index contributed by atoms with van der Waals surface area (Å²) < 4.78 is 0. The second kappa shape index (κ2) is 4.26. The Morgan fingerprint density at radius 1 is 1.47 bits per heavy atom. The third-order valence-electron chi connectivity index (χ3n) is 3.55. The fourth-order valence-corrected chi connectivity index (χ4v) is 2.64. The minimum absolute atomic E-state index is 0.722. The van der Waals surface area contributed by atoms with Crippen LogP contribution in [0.1, 0.15) is 43.7 Å². The molecule has 1 aromatic carbocycles. The van der Waals surface area contributed by atoms with Crippen molar-refractivity contribution in [3.63, 3.8) is 0 Å². The first-order valence-corrected chi connectivity index (χ1v) is 6.06. The van der Waals surface area contributed by atoms with Gasteiger partial charge in [-0.05, 0) is 24.5 Å². The van der Waals surface area contributed by atoms with E-state index < -0.39 is 0 Å². The summed E-state index contributed by atoms with van der Waals surface area (Å²) in [5, 5.41) is 3.52. The zero-order valence-electron chi connectivity index (χ0n) is 10.0. The van der Waals surface area contributed by atoms with E-state index >= 15 is 0 Å². The van der Waals surface area contributed by atoms with Crippen molar-refractivity contribution in [2.45, 2.75) is 39.5 Å². The van der Waals surface area contributed by atoms with Crippen molar-refractivity contribution >= 4 is 5.69 Å². The number of anilines is 1. The summed E-state index contributed by atoms with van der Waals surface area (Å²) in [7, 11) is 0. The van der Waals surface area contributed by atoms with E-state index in [0.717, 1.165) is 18.4 Å². The molecule has 0 aromatic heterocycles. The van der Waals surface area contributed by atoms with Crippen LogP contribution in [0, 0.1) is 12.8 Å². The van der Waals surface area contributed by atoms with Crippen molar-refractivity contribution in [2.75, 3.05) is 11.9 Å². The summed E-state index contributed by atoms with van der Waals surface area (Å²) in [4.78, 5) is 0. The molecule has 1 N–H and O–H groups in total. The molecule has 0 aliphatic carbocycles. The fourth-order valence-electron chi connectivity index (χ4n) is 2.64. The van der Waals surface area contributed by atoms with E-state index in [9.17, 15) is 0 Å². The van der Waals surface area contributed by atoms with Gasteiger partial charge in [0.1, 0.15) is 0 Å². The van der Waals surface area contributed by atoms with Crippen molar-refractivity contribution in [2.24, 2.45) is 5.92 Å². The van der Waals surface area contributed by atoms with Gasteiger partial charge in [0.15, 0.2) is 0 Å². The third kappa shape index (κ3) is 2.01. The van der Waals surface area contributed by atoms with Gasteiger partial charge in [0.05, 0.1) is 0 Å². The van der Waals surface area contributed by atoms with E-state index in [1.807, 2.05) is 0 Å². The molecule has 0 amide bonds. The Morgan fingerprint density at radius 2 is 2.27 bits per heavy atom. The first kappa shape index (κ1) is 10.5. The molecule has 0 bridgehead atoms. The smallest absolute Gasteiger partial charge is 0.0376 e. The van der Waals surface area contributed by atoms with Crippen LogP contribution in [0.3, 0.4) is 0 Å². The van der Waals surface area contributed by atoms with Gasteiger partial charge >= 0.3 is 0 Å². The maximum atomic E-state index is 3.52. The summed E-state index contributed by atoms with van der Waals surface area (Å²) >= 11 is 0. The van der Waals surface area contributed by atoms with Crippen molar-refractivity contribution in [1.82, 2.24) is 0 Å². The lowest BCUT2D eigenvalue weighted by atomic mass is 9.85. The molecule has 2 rings (SSSR count).